The molecule has 2 rings (SSSR count). The van der Waals surface area contributed by atoms with Crippen molar-refractivity contribution in [2.75, 3.05) is 6.61 Å². The largest absolute Gasteiger partial charge is 0.463 e. The molecule has 2 bridgehead atoms. The molecule has 0 aliphatic heterocycles. The van der Waals surface area contributed by atoms with Crippen molar-refractivity contribution in [3.05, 3.63) is 21.7 Å². The number of alkyl halides is 4. The molecule has 0 fully saturated rings. The summed E-state index contributed by atoms with van der Waals surface area (Å²) in [5, 5.41) is -0.0460. The fourth-order valence-corrected chi connectivity index (χ4v) is 4.47. The van der Waals surface area contributed by atoms with E-state index in [9.17, 15) is 4.79 Å². The van der Waals surface area contributed by atoms with Crippen LogP contribution in [0.5, 0.6) is 0 Å². The van der Waals surface area contributed by atoms with E-state index in [1.807, 2.05) is 0 Å². The Hall–Kier alpha value is 0.690. The van der Waals surface area contributed by atoms with Crippen LogP contribution in [0.3, 0.4) is 0 Å². The molecular weight excluding hydrogens is 365 g/mol. The number of halogens is 6. The summed E-state index contributed by atoms with van der Waals surface area (Å²) in [5.74, 6) is -0.678. The molecule has 2 aliphatic rings. The van der Waals surface area contributed by atoms with Gasteiger partial charge in [0.25, 0.3) is 0 Å². The van der Waals surface area contributed by atoms with E-state index in [0.717, 1.165) is 0 Å². The second-order valence-electron chi connectivity index (χ2n) is 3.85. The highest BCUT2D eigenvalue weighted by Crippen LogP contribution is 2.71. The van der Waals surface area contributed by atoms with Gasteiger partial charge in [-0.3, -0.25) is 0 Å². The number of hydrogen-bond acceptors (Lipinski definition) is 2. The molecule has 0 aromatic heterocycles. The van der Waals surface area contributed by atoms with Crippen molar-refractivity contribution in [1.82, 2.24) is 0 Å². The third-order valence-corrected chi connectivity index (χ3v) is 6.97. The van der Waals surface area contributed by atoms with Crippen molar-refractivity contribution in [3.63, 3.8) is 0 Å². The molecule has 0 aromatic rings. The Labute approximate surface area is 134 Å². The third-order valence-electron chi connectivity index (χ3n) is 2.91. The molecule has 0 spiro atoms. The molecule has 0 heterocycles. The SMILES string of the molecule is CCOC(=O)C1=C[C@]2(Cl)C(Cl)=C(Cl)[C@@]1(Cl)C2(Cl)Cl. The van der Waals surface area contributed by atoms with Crippen LogP contribution >= 0.6 is 69.6 Å². The summed E-state index contributed by atoms with van der Waals surface area (Å²) in [7, 11) is 0. The van der Waals surface area contributed by atoms with Crippen molar-refractivity contribution in [2.45, 2.75) is 21.0 Å². The minimum atomic E-state index is -1.76. The average Bonchev–Trinajstić information content (AvgIpc) is 2.51. The van der Waals surface area contributed by atoms with E-state index >= 15 is 0 Å². The monoisotopic (exact) mass is 368 g/mol. The Bertz CT molecular complexity index is 497. The van der Waals surface area contributed by atoms with Gasteiger partial charge in [0.1, 0.15) is 9.75 Å². The molecule has 0 N–H and O–H groups in total. The molecule has 2 nitrogen and oxygen atoms in total. The first kappa shape index (κ1) is 15.1. The van der Waals surface area contributed by atoms with Crippen LogP contribution in [0.4, 0.5) is 0 Å². The molecule has 2 aliphatic carbocycles. The van der Waals surface area contributed by atoms with Crippen LogP contribution < -0.4 is 0 Å². The summed E-state index contributed by atoms with van der Waals surface area (Å²) in [4.78, 5) is 8.63. The van der Waals surface area contributed by atoms with Gasteiger partial charge in [0.05, 0.1) is 22.2 Å². The lowest BCUT2D eigenvalue weighted by atomic mass is 10.0. The van der Waals surface area contributed by atoms with Gasteiger partial charge >= 0.3 is 5.97 Å². The quantitative estimate of drug-likeness (QED) is 0.534. The zero-order chi connectivity index (χ0) is 13.9. The molecule has 2 atom stereocenters. The highest BCUT2D eigenvalue weighted by molar-refractivity contribution is 6.67. The lowest BCUT2D eigenvalue weighted by molar-refractivity contribution is -0.138. The molecule has 0 saturated carbocycles. The van der Waals surface area contributed by atoms with E-state index in [1.54, 1.807) is 6.92 Å². The average molecular weight is 371 g/mol. The van der Waals surface area contributed by atoms with E-state index in [1.165, 1.54) is 6.08 Å². The van der Waals surface area contributed by atoms with E-state index < -0.39 is 20.1 Å². The second-order valence-corrected chi connectivity index (χ2v) is 7.10. The summed E-state index contributed by atoms with van der Waals surface area (Å²) >= 11 is 36.9. The number of allylic oxidation sites excluding steroid dienone is 3. The first-order valence-electron chi connectivity index (χ1n) is 4.87. The lowest BCUT2D eigenvalue weighted by Crippen LogP contribution is -2.45. The Kier molecular flexibility index (Phi) is 3.64. The normalized spacial score (nSPS) is 36.9. The number of esters is 1. The van der Waals surface area contributed by atoms with Gasteiger partial charge in [-0.1, -0.05) is 46.4 Å². The minimum absolute atomic E-state index is 0.000386. The summed E-state index contributed by atoms with van der Waals surface area (Å²) in [5.41, 5.74) is 0.000386. The number of carbonyl (C=O) groups is 1. The number of carbonyl (C=O) groups excluding carboxylic acids is 1. The van der Waals surface area contributed by atoms with E-state index in [-0.39, 0.29) is 22.2 Å². The molecule has 0 aromatic carbocycles. The van der Waals surface area contributed by atoms with Crippen LogP contribution in [0.2, 0.25) is 0 Å². The van der Waals surface area contributed by atoms with Gasteiger partial charge < -0.3 is 4.74 Å². The summed E-state index contributed by atoms with van der Waals surface area (Å²) in [6.45, 7) is 1.83. The number of ether oxygens (including phenoxy) is 1. The standard InChI is InChI=1S/C10H6Cl6O2/c1-2-18-7(17)4-3-8(13)5(11)6(12)9(4,14)10(8,15)16/h3H,2H2,1H3/t8-,9+/m0/s1. The van der Waals surface area contributed by atoms with Crippen LogP contribution in [-0.2, 0) is 9.53 Å². The highest BCUT2D eigenvalue weighted by atomic mass is 35.5. The van der Waals surface area contributed by atoms with Gasteiger partial charge in [0, 0.05) is 0 Å². The predicted octanol–water partition coefficient (Wildman–Crippen LogP) is 4.32. The van der Waals surface area contributed by atoms with Crippen LogP contribution in [0.1, 0.15) is 6.92 Å². The molecule has 0 saturated heterocycles. The number of rotatable bonds is 2. The molecule has 0 unspecified atom stereocenters. The molecule has 100 valence electrons. The summed E-state index contributed by atoms with van der Waals surface area (Å²) < 4.78 is 3.11. The van der Waals surface area contributed by atoms with Gasteiger partial charge in [-0.15, -0.1) is 23.2 Å². The van der Waals surface area contributed by atoms with Gasteiger partial charge in [0.15, 0.2) is 4.33 Å². The summed E-state index contributed by atoms with van der Waals surface area (Å²) in [6, 6.07) is 0. The Balaban J connectivity index is 2.59. The van der Waals surface area contributed by atoms with Gasteiger partial charge in [-0.2, -0.15) is 0 Å². The fourth-order valence-electron chi connectivity index (χ4n) is 1.99. The minimum Gasteiger partial charge on any atom is -0.463 e. The Morgan fingerprint density at radius 2 is 1.78 bits per heavy atom. The lowest BCUT2D eigenvalue weighted by Gasteiger charge is -2.32. The smallest absolute Gasteiger partial charge is 0.336 e. The first-order valence-corrected chi connectivity index (χ1v) is 7.13. The van der Waals surface area contributed by atoms with E-state index in [0.29, 0.717) is 0 Å². The maximum absolute atomic E-state index is 11.8. The zero-order valence-electron chi connectivity index (χ0n) is 8.87. The van der Waals surface area contributed by atoms with Crippen LogP contribution in [0.15, 0.2) is 21.7 Å². The topological polar surface area (TPSA) is 26.3 Å². The Morgan fingerprint density at radius 3 is 2.17 bits per heavy atom. The van der Waals surface area contributed by atoms with Crippen LogP contribution in [-0.4, -0.2) is 26.7 Å². The highest BCUT2D eigenvalue weighted by Gasteiger charge is 2.76. The van der Waals surface area contributed by atoms with Crippen molar-refractivity contribution in [2.24, 2.45) is 0 Å². The predicted molar refractivity (Wildman–Crippen MR) is 75.1 cm³/mol. The van der Waals surface area contributed by atoms with Gasteiger partial charge in [-0.05, 0) is 13.0 Å². The summed E-state index contributed by atoms with van der Waals surface area (Å²) in [6.07, 6.45) is 1.30. The first-order chi connectivity index (χ1) is 8.14. The van der Waals surface area contributed by atoms with Crippen molar-refractivity contribution in [3.8, 4) is 0 Å². The van der Waals surface area contributed by atoms with Crippen molar-refractivity contribution in [1.29, 1.82) is 0 Å². The number of hydrogen-bond donors (Lipinski definition) is 0. The maximum Gasteiger partial charge on any atom is 0.336 e. The van der Waals surface area contributed by atoms with Crippen LogP contribution in [0.25, 0.3) is 0 Å². The second kappa shape index (κ2) is 4.34. The van der Waals surface area contributed by atoms with E-state index in [4.69, 9.17) is 74.3 Å². The fraction of sp³-hybridized carbons (Fsp3) is 0.500. The molecule has 18 heavy (non-hydrogen) atoms. The van der Waals surface area contributed by atoms with Crippen LogP contribution in [0, 0.1) is 0 Å². The van der Waals surface area contributed by atoms with Crippen molar-refractivity contribution >= 4 is 75.6 Å². The van der Waals surface area contributed by atoms with Gasteiger partial charge in [0.2, 0.25) is 0 Å². The molecule has 0 radical (unpaired) electrons. The molecule has 8 heteroatoms. The third kappa shape index (κ3) is 1.48. The Morgan fingerprint density at radius 1 is 1.22 bits per heavy atom. The van der Waals surface area contributed by atoms with Gasteiger partial charge in [-0.25, -0.2) is 4.79 Å². The van der Waals surface area contributed by atoms with Crippen molar-refractivity contribution < 1.29 is 9.53 Å². The number of fused-ring (bicyclic) bond motifs is 2. The molecule has 0 amide bonds. The molecular formula is C10H6Cl6O2. The van der Waals surface area contributed by atoms with E-state index in [2.05, 4.69) is 0 Å². The maximum atomic E-state index is 11.8. The zero-order valence-corrected chi connectivity index (χ0v) is 13.4.